The predicted molar refractivity (Wildman–Crippen MR) is 121 cm³/mol. The third-order valence-electron chi connectivity index (χ3n) is 4.90. The van der Waals surface area contributed by atoms with E-state index in [1.54, 1.807) is 24.3 Å². The molecule has 1 aromatic heterocycles. The number of rotatable bonds is 7. The van der Waals surface area contributed by atoms with Crippen molar-refractivity contribution < 1.29 is 14.0 Å². The molecule has 0 saturated carbocycles. The zero-order valence-corrected chi connectivity index (χ0v) is 17.2. The molecule has 5 nitrogen and oxygen atoms in total. The second-order valence-electron chi connectivity index (χ2n) is 7.17. The van der Waals surface area contributed by atoms with Crippen molar-refractivity contribution in [1.82, 2.24) is 4.98 Å². The highest BCUT2D eigenvalue weighted by molar-refractivity contribution is 6.03. The van der Waals surface area contributed by atoms with E-state index in [4.69, 9.17) is 4.42 Å². The molecule has 0 aliphatic heterocycles. The van der Waals surface area contributed by atoms with Crippen molar-refractivity contribution in [1.29, 1.82) is 0 Å². The Balaban J connectivity index is 1.54. The van der Waals surface area contributed by atoms with Crippen molar-refractivity contribution in [2.24, 2.45) is 0 Å². The van der Waals surface area contributed by atoms with Gasteiger partial charge in [0.2, 0.25) is 5.91 Å². The number of carbonyl (C=O) groups excluding carboxylic acids is 2. The van der Waals surface area contributed by atoms with Crippen molar-refractivity contribution in [3.8, 4) is 22.6 Å². The molecule has 1 N–H and O–H groups in total. The van der Waals surface area contributed by atoms with Gasteiger partial charge in [0.1, 0.15) is 5.69 Å². The number of nitrogens with zero attached hydrogens (tertiary/aromatic N) is 1. The first kappa shape index (κ1) is 20.3. The Labute approximate surface area is 180 Å². The molecule has 0 spiro atoms. The van der Waals surface area contributed by atoms with Crippen molar-refractivity contribution in [2.45, 2.75) is 19.8 Å². The number of anilines is 1. The van der Waals surface area contributed by atoms with E-state index in [1.165, 1.54) is 6.92 Å². The molecule has 3 aromatic carbocycles. The van der Waals surface area contributed by atoms with E-state index in [0.29, 0.717) is 29.3 Å². The Morgan fingerprint density at radius 2 is 1.45 bits per heavy atom. The van der Waals surface area contributed by atoms with Crippen LogP contribution in [-0.2, 0) is 11.2 Å². The summed E-state index contributed by atoms with van der Waals surface area (Å²) in [7, 11) is 0. The van der Waals surface area contributed by atoms with Crippen LogP contribution in [0.4, 0.5) is 5.69 Å². The minimum atomic E-state index is -0.200. The van der Waals surface area contributed by atoms with E-state index in [2.05, 4.69) is 10.3 Å². The number of hydrogen-bond donors (Lipinski definition) is 1. The van der Waals surface area contributed by atoms with Gasteiger partial charge in [-0.2, -0.15) is 0 Å². The molecule has 154 valence electrons. The molecule has 1 amide bonds. The molecule has 0 unspecified atom stereocenters. The number of aromatic nitrogens is 1. The van der Waals surface area contributed by atoms with Crippen molar-refractivity contribution >= 4 is 17.4 Å². The molecule has 4 aromatic rings. The Morgan fingerprint density at radius 1 is 0.839 bits per heavy atom. The summed E-state index contributed by atoms with van der Waals surface area (Å²) in [6, 6.07) is 26.6. The summed E-state index contributed by atoms with van der Waals surface area (Å²) < 4.78 is 6.07. The summed E-state index contributed by atoms with van der Waals surface area (Å²) in [6.45, 7) is 1.48. The number of amides is 1. The highest BCUT2D eigenvalue weighted by Gasteiger charge is 2.18. The topological polar surface area (TPSA) is 72.2 Å². The number of benzene rings is 3. The van der Waals surface area contributed by atoms with Gasteiger partial charge >= 0.3 is 0 Å². The molecule has 4 rings (SSSR count). The van der Waals surface area contributed by atoms with E-state index in [1.807, 2.05) is 60.7 Å². The maximum atomic E-state index is 12.5. The van der Waals surface area contributed by atoms with Gasteiger partial charge in [-0.05, 0) is 19.1 Å². The van der Waals surface area contributed by atoms with E-state index in [-0.39, 0.29) is 18.1 Å². The molecule has 0 aliphatic rings. The number of Topliss-reactive ketones (excluding diaryl/α,β-unsaturated/α-hetero) is 1. The molecule has 0 radical (unpaired) electrons. The molecule has 0 bridgehead atoms. The summed E-state index contributed by atoms with van der Waals surface area (Å²) in [5, 5.41) is 2.82. The number of hydrogen-bond acceptors (Lipinski definition) is 4. The molecule has 1 heterocycles. The second kappa shape index (κ2) is 9.22. The van der Waals surface area contributed by atoms with Gasteiger partial charge < -0.3 is 9.73 Å². The molecule has 31 heavy (non-hydrogen) atoms. The molecule has 0 fully saturated rings. The van der Waals surface area contributed by atoms with Crippen LogP contribution in [0.2, 0.25) is 0 Å². The van der Waals surface area contributed by atoms with Crippen molar-refractivity contribution in [3.63, 3.8) is 0 Å². The van der Waals surface area contributed by atoms with Crippen LogP contribution >= 0.6 is 0 Å². The lowest BCUT2D eigenvalue weighted by Crippen LogP contribution is -2.14. The van der Waals surface area contributed by atoms with Crippen LogP contribution < -0.4 is 5.32 Å². The maximum Gasteiger partial charge on any atom is 0.224 e. The van der Waals surface area contributed by atoms with Crippen LogP contribution in [0.1, 0.15) is 29.6 Å². The van der Waals surface area contributed by atoms with Gasteiger partial charge in [-0.25, -0.2) is 4.98 Å². The SMILES string of the molecule is CC(=O)c1ccccc1NC(=O)CCc1nc(-c2ccccc2)c(-c2ccccc2)o1. The maximum absolute atomic E-state index is 12.5. The smallest absolute Gasteiger partial charge is 0.224 e. The fourth-order valence-electron chi connectivity index (χ4n) is 3.38. The summed E-state index contributed by atoms with van der Waals surface area (Å²) in [5.41, 5.74) is 3.65. The number of nitrogens with one attached hydrogen (secondary N) is 1. The minimum Gasteiger partial charge on any atom is -0.440 e. The van der Waals surface area contributed by atoms with Gasteiger partial charge in [-0.1, -0.05) is 72.8 Å². The number of para-hydroxylation sites is 1. The molecule has 5 heteroatoms. The lowest BCUT2D eigenvalue weighted by atomic mass is 10.1. The number of aryl methyl sites for hydroxylation is 1. The highest BCUT2D eigenvalue weighted by atomic mass is 16.4. The molecular formula is C26H22N2O3. The van der Waals surface area contributed by atoms with Gasteiger partial charge in [-0.15, -0.1) is 0 Å². The van der Waals surface area contributed by atoms with E-state index in [9.17, 15) is 9.59 Å². The second-order valence-corrected chi connectivity index (χ2v) is 7.17. The fraction of sp³-hybridized carbons (Fsp3) is 0.115. The third kappa shape index (κ3) is 4.78. The molecule has 0 atom stereocenters. The first-order chi connectivity index (χ1) is 15.1. The summed E-state index contributed by atoms with van der Waals surface area (Å²) in [5.74, 6) is 0.884. The van der Waals surface area contributed by atoms with Gasteiger partial charge in [0.15, 0.2) is 17.4 Å². The Morgan fingerprint density at radius 3 is 2.13 bits per heavy atom. The number of ketones is 1. The molecular weight excluding hydrogens is 388 g/mol. The fourth-order valence-corrected chi connectivity index (χ4v) is 3.38. The third-order valence-corrected chi connectivity index (χ3v) is 4.90. The highest BCUT2D eigenvalue weighted by Crippen LogP contribution is 2.32. The van der Waals surface area contributed by atoms with E-state index in [0.717, 1.165) is 16.8 Å². The van der Waals surface area contributed by atoms with Crippen LogP contribution in [0.15, 0.2) is 89.3 Å². The van der Waals surface area contributed by atoms with Crippen LogP contribution in [0.3, 0.4) is 0 Å². The van der Waals surface area contributed by atoms with Gasteiger partial charge in [0.05, 0.1) is 5.69 Å². The largest absolute Gasteiger partial charge is 0.440 e. The van der Waals surface area contributed by atoms with Gasteiger partial charge in [0, 0.05) is 29.5 Å². The monoisotopic (exact) mass is 410 g/mol. The van der Waals surface area contributed by atoms with Gasteiger partial charge in [-0.3, -0.25) is 9.59 Å². The zero-order valence-electron chi connectivity index (χ0n) is 17.2. The lowest BCUT2D eigenvalue weighted by Gasteiger charge is -2.08. The summed E-state index contributed by atoms with van der Waals surface area (Å²) in [4.78, 5) is 28.9. The Kier molecular flexibility index (Phi) is 6.03. The normalized spacial score (nSPS) is 10.6. The number of oxazole rings is 1. The van der Waals surface area contributed by atoms with Crippen LogP contribution in [0, 0.1) is 0 Å². The standard InChI is InChI=1S/C26H22N2O3/c1-18(29)21-14-8-9-15-22(21)27-23(30)16-17-24-28-25(19-10-4-2-5-11-19)26(31-24)20-12-6-3-7-13-20/h2-15H,16-17H2,1H3,(H,27,30). The predicted octanol–water partition coefficient (Wildman–Crippen LogP) is 5.78. The lowest BCUT2D eigenvalue weighted by molar-refractivity contribution is -0.116. The quantitative estimate of drug-likeness (QED) is 0.392. The minimum absolute atomic E-state index is 0.0939. The average Bonchev–Trinajstić information content (AvgIpc) is 3.23. The van der Waals surface area contributed by atoms with Crippen LogP contribution in [0.5, 0.6) is 0 Å². The average molecular weight is 410 g/mol. The van der Waals surface area contributed by atoms with Crippen LogP contribution in [-0.4, -0.2) is 16.7 Å². The van der Waals surface area contributed by atoms with Crippen molar-refractivity contribution in [3.05, 3.63) is 96.4 Å². The number of carbonyl (C=O) groups is 2. The zero-order chi connectivity index (χ0) is 21.6. The summed E-state index contributed by atoms with van der Waals surface area (Å²) in [6.07, 6.45) is 0.538. The molecule has 0 saturated heterocycles. The van der Waals surface area contributed by atoms with E-state index >= 15 is 0 Å². The van der Waals surface area contributed by atoms with Crippen molar-refractivity contribution in [2.75, 3.05) is 5.32 Å². The van der Waals surface area contributed by atoms with Gasteiger partial charge in [0.25, 0.3) is 0 Å². The summed E-state index contributed by atoms with van der Waals surface area (Å²) >= 11 is 0. The molecule has 0 aliphatic carbocycles. The Bertz CT molecular complexity index is 1140. The van der Waals surface area contributed by atoms with E-state index < -0.39 is 0 Å². The van der Waals surface area contributed by atoms with Crippen LogP contribution in [0.25, 0.3) is 22.6 Å². The first-order valence-corrected chi connectivity index (χ1v) is 10.1. The Hall–Kier alpha value is -3.99. The first-order valence-electron chi connectivity index (χ1n) is 10.1.